The molecule has 2 heterocycles. The maximum Gasteiger partial charge on any atom is 0.416 e. The number of alkyl halides is 3. The summed E-state index contributed by atoms with van der Waals surface area (Å²) < 4.78 is 53.6. The van der Waals surface area contributed by atoms with Crippen molar-refractivity contribution in [3.8, 4) is 0 Å². The zero-order valence-electron chi connectivity index (χ0n) is 12.8. The number of rotatable bonds is 4. The van der Waals surface area contributed by atoms with Crippen LogP contribution in [0.25, 0.3) is 5.65 Å². The summed E-state index contributed by atoms with van der Waals surface area (Å²) in [5, 5.41) is 18.1. The zero-order valence-corrected chi connectivity index (χ0v) is 12.8. The van der Waals surface area contributed by atoms with E-state index in [9.17, 15) is 17.6 Å². The van der Waals surface area contributed by atoms with Crippen LogP contribution in [-0.4, -0.2) is 31.8 Å². The smallest absolute Gasteiger partial charge is 0.368 e. The third kappa shape index (κ3) is 2.99. The van der Waals surface area contributed by atoms with Crippen LogP contribution in [0.3, 0.4) is 0 Å². The Kier molecular flexibility index (Phi) is 3.37. The van der Waals surface area contributed by atoms with E-state index in [1.165, 1.54) is 10.7 Å². The van der Waals surface area contributed by atoms with Crippen LogP contribution in [0.5, 0.6) is 0 Å². The molecule has 25 heavy (non-hydrogen) atoms. The molecule has 1 N–H and O–H groups in total. The van der Waals surface area contributed by atoms with Crippen molar-refractivity contribution in [1.82, 2.24) is 25.3 Å². The molecular weight excluding hydrogens is 340 g/mol. The Morgan fingerprint density at radius 3 is 2.68 bits per heavy atom. The molecule has 0 spiro atoms. The molecule has 0 unspecified atom stereocenters. The van der Waals surface area contributed by atoms with Crippen LogP contribution in [0.4, 0.5) is 23.4 Å². The molecule has 4 rings (SSSR count). The van der Waals surface area contributed by atoms with E-state index in [-0.39, 0.29) is 0 Å². The molecule has 1 aliphatic carbocycles. The number of tetrazole rings is 1. The molecule has 0 amide bonds. The first-order chi connectivity index (χ1) is 11.9. The van der Waals surface area contributed by atoms with Crippen molar-refractivity contribution in [3.63, 3.8) is 0 Å². The van der Waals surface area contributed by atoms with Gasteiger partial charge in [0, 0.05) is 12.0 Å². The van der Waals surface area contributed by atoms with Crippen molar-refractivity contribution in [2.24, 2.45) is 0 Å². The third-order valence-corrected chi connectivity index (χ3v) is 4.37. The Labute approximate surface area is 138 Å². The average Bonchev–Trinajstić information content (AvgIpc) is 3.21. The molecule has 3 aromatic rings. The number of benzene rings is 1. The number of anilines is 1. The fourth-order valence-electron chi connectivity index (χ4n) is 2.78. The lowest BCUT2D eigenvalue weighted by molar-refractivity contribution is -0.137. The summed E-state index contributed by atoms with van der Waals surface area (Å²) in [7, 11) is 0. The lowest BCUT2D eigenvalue weighted by atomic mass is 9.94. The standard InChI is InChI=1S/C15H12F4N6/c16-11-6-9(5-10(7-11)15(17,18)19)14(3-4-14)8-20-12-1-2-13-21-23-24-25(13)22-12/h1-2,5-7H,3-4,8H2,(H,20,22). The Bertz CT molecular complexity index is 931. The minimum atomic E-state index is -4.58. The second kappa shape index (κ2) is 5.36. The van der Waals surface area contributed by atoms with E-state index >= 15 is 0 Å². The van der Waals surface area contributed by atoms with Gasteiger partial charge in [-0.3, -0.25) is 0 Å². The predicted octanol–water partition coefficient (Wildman–Crippen LogP) is 2.82. The Morgan fingerprint density at radius 2 is 1.96 bits per heavy atom. The van der Waals surface area contributed by atoms with Crippen LogP contribution in [0.1, 0.15) is 24.0 Å². The first kappa shape index (κ1) is 15.7. The first-order valence-electron chi connectivity index (χ1n) is 7.53. The van der Waals surface area contributed by atoms with E-state index in [0.717, 1.165) is 6.07 Å². The summed E-state index contributed by atoms with van der Waals surface area (Å²) in [5.41, 5.74) is -0.677. The van der Waals surface area contributed by atoms with Gasteiger partial charge < -0.3 is 5.32 Å². The summed E-state index contributed by atoms with van der Waals surface area (Å²) >= 11 is 0. The van der Waals surface area contributed by atoms with Gasteiger partial charge in [-0.25, -0.2) is 4.39 Å². The molecular formula is C15H12F4N6. The molecule has 1 aliphatic rings. The quantitative estimate of drug-likeness (QED) is 0.732. The monoisotopic (exact) mass is 352 g/mol. The van der Waals surface area contributed by atoms with Crippen LogP contribution in [0, 0.1) is 5.82 Å². The predicted molar refractivity (Wildman–Crippen MR) is 79.4 cm³/mol. The van der Waals surface area contributed by atoms with Crippen molar-refractivity contribution in [1.29, 1.82) is 0 Å². The fraction of sp³-hybridized carbons (Fsp3) is 0.333. The van der Waals surface area contributed by atoms with E-state index in [4.69, 9.17) is 0 Å². The maximum atomic E-state index is 13.7. The van der Waals surface area contributed by atoms with Gasteiger partial charge in [-0.2, -0.15) is 13.2 Å². The molecule has 1 fully saturated rings. The minimum absolute atomic E-state index is 0.342. The lowest BCUT2D eigenvalue weighted by Gasteiger charge is -2.19. The minimum Gasteiger partial charge on any atom is -0.368 e. The number of nitrogens with one attached hydrogen (secondary N) is 1. The second-order valence-corrected chi connectivity index (χ2v) is 6.11. The highest BCUT2D eigenvalue weighted by Crippen LogP contribution is 2.49. The van der Waals surface area contributed by atoms with Crippen molar-refractivity contribution >= 4 is 11.5 Å². The molecule has 1 aromatic carbocycles. The average molecular weight is 352 g/mol. The highest BCUT2D eigenvalue weighted by atomic mass is 19.4. The van der Waals surface area contributed by atoms with E-state index in [2.05, 4.69) is 25.9 Å². The van der Waals surface area contributed by atoms with E-state index in [0.29, 0.717) is 42.5 Å². The van der Waals surface area contributed by atoms with Gasteiger partial charge in [-0.15, -0.1) is 14.8 Å². The molecule has 0 aliphatic heterocycles. The SMILES string of the molecule is Fc1cc(C(F)(F)F)cc(C2(CNc3ccc4nnnn4n3)CC2)c1. The van der Waals surface area contributed by atoms with Crippen LogP contribution in [-0.2, 0) is 11.6 Å². The van der Waals surface area contributed by atoms with Gasteiger partial charge in [0.25, 0.3) is 0 Å². The summed E-state index contributed by atoms with van der Waals surface area (Å²) in [5.74, 6) is -0.400. The van der Waals surface area contributed by atoms with Crippen LogP contribution in [0.2, 0.25) is 0 Å². The summed E-state index contributed by atoms with van der Waals surface area (Å²) in [4.78, 5) is 0. The maximum absolute atomic E-state index is 13.7. The Morgan fingerprint density at radius 1 is 1.16 bits per heavy atom. The van der Waals surface area contributed by atoms with Crippen LogP contribution >= 0.6 is 0 Å². The molecule has 0 bridgehead atoms. The fourth-order valence-corrected chi connectivity index (χ4v) is 2.78. The van der Waals surface area contributed by atoms with Crippen molar-refractivity contribution in [2.45, 2.75) is 24.4 Å². The van der Waals surface area contributed by atoms with Crippen molar-refractivity contribution in [2.75, 3.05) is 11.9 Å². The Balaban J connectivity index is 1.57. The van der Waals surface area contributed by atoms with Gasteiger partial charge in [-0.1, -0.05) is 0 Å². The van der Waals surface area contributed by atoms with Gasteiger partial charge in [0.2, 0.25) is 0 Å². The van der Waals surface area contributed by atoms with E-state index < -0.39 is 23.0 Å². The molecule has 0 saturated heterocycles. The van der Waals surface area contributed by atoms with Gasteiger partial charge in [-0.05, 0) is 59.2 Å². The lowest BCUT2D eigenvalue weighted by Crippen LogP contribution is -2.21. The molecule has 10 heteroatoms. The highest BCUT2D eigenvalue weighted by Gasteiger charge is 2.45. The van der Waals surface area contributed by atoms with Crippen molar-refractivity contribution in [3.05, 3.63) is 47.3 Å². The zero-order chi connectivity index (χ0) is 17.7. The van der Waals surface area contributed by atoms with Gasteiger partial charge in [0.05, 0.1) is 5.56 Å². The number of hydrogen-bond donors (Lipinski definition) is 1. The summed E-state index contributed by atoms with van der Waals surface area (Å²) in [6.45, 7) is 0.342. The summed E-state index contributed by atoms with van der Waals surface area (Å²) in [6, 6.07) is 6.05. The normalized spacial score (nSPS) is 16.2. The molecule has 0 radical (unpaired) electrons. The third-order valence-electron chi connectivity index (χ3n) is 4.37. The van der Waals surface area contributed by atoms with E-state index in [1.807, 2.05) is 0 Å². The second-order valence-electron chi connectivity index (χ2n) is 6.11. The largest absolute Gasteiger partial charge is 0.416 e. The topological polar surface area (TPSA) is 68.0 Å². The molecule has 0 atom stereocenters. The first-order valence-corrected chi connectivity index (χ1v) is 7.53. The van der Waals surface area contributed by atoms with E-state index in [1.54, 1.807) is 12.1 Å². The highest BCUT2D eigenvalue weighted by molar-refractivity contribution is 5.44. The molecule has 2 aromatic heterocycles. The number of fused-ring (bicyclic) bond motifs is 1. The number of hydrogen-bond acceptors (Lipinski definition) is 5. The number of halogens is 4. The number of aromatic nitrogens is 5. The van der Waals surface area contributed by atoms with Gasteiger partial charge >= 0.3 is 6.18 Å². The van der Waals surface area contributed by atoms with Crippen LogP contribution < -0.4 is 5.32 Å². The van der Waals surface area contributed by atoms with Gasteiger partial charge in [0.15, 0.2) is 5.65 Å². The summed E-state index contributed by atoms with van der Waals surface area (Å²) in [6.07, 6.45) is -3.23. The van der Waals surface area contributed by atoms with Crippen LogP contribution in [0.15, 0.2) is 30.3 Å². The molecule has 1 saturated carbocycles. The molecule has 6 nitrogen and oxygen atoms in total. The number of nitrogens with zero attached hydrogens (tertiary/aromatic N) is 5. The molecule has 130 valence electrons. The van der Waals surface area contributed by atoms with Gasteiger partial charge in [0.1, 0.15) is 11.6 Å². The van der Waals surface area contributed by atoms with Crippen molar-refractivity contribution < 1.29 is 17.6 Å². The Hall–Kier alpha value is -2.78.